The average molecular weight is 683 g/mol. The summed E-state index contributed by atoms with van der Waals surface area (Å²) >= 11 is 2.28. The largest absolute Gasteiger partial charge is 0.496 e. The Hall–Kier alpha value is -3.27. The lowest BCUT2D eigenvalue weighted by Crippen LogP contribution is -2.35. The fraction of sp³-hybridized carbons (Fsp3) is 0.412. The quantitative estimate of drug-likeness (QED) is 0.142. The number of fused-ring (bicyclic) bond motifs is 2. The van der Waals surface area contributed by atoms with E-state index in [0.29, 0.717) is 24.5 Å². The molecule has 0 spiro atoms. The first-order valence-electron chi connectivity index (χ1n) is 14.7. The van der Waals surface area contributed by atoms with Crippen LogP contribution < -0.4 is 18.9 Å². The first kappa shape index (κ1) is 30.2. The zero-order valence-electron chi connectivity index (χ0n) is 24.9. The molecule has 0 aromatic heterocycles. The van der Waals surface area contributed by atoms with E-state index >= 15 is 0 Å². The van der Waals surface area contributed by atoms with Crippen LogP contribution in [-0.2, 0) is 0 Å². The zero-order valence-corrected chi connectivity index (χ0v) is 27.0. The van der Waals surface area contributed by atoms with Gasteiger partial charge in [0.05, 0.1) is 41.2 Å². The highest BCUT2D eigenvalue weighted by Crippen LogP contribution is 2.35. The summed E-state index contributed by atoms with van der Waals surface area (Å²) in [4.78, 5) is 19.6. The number of hydrogen-bond acceptors (Lipinski definition) is 6. The molecule has 0 aliphatic carbocycles. The Labute approximate surface area is 262 Å². The number of hydrogen-bond donors (Lipinski definition) is 0. The van der Waals surface area contributed by atoms with Crippen LogP contribution in [-0.4, -0.2) is 49.9 Å². The number of ether oxygens (including phenoxy) is 4. The first-order chi connectivity index (χ1) is 20.3. The molecule has 0 saturated carbocycles. The maximum atomic E-state index is 13.0. The Balaban J connectivity index is 1.05. The Morgan fingerprint density at radius 1 is 0.881 bits per heavy atom. The van der Waals surface area contributed by atoms with Gasteiger partial charge in [-0.05, 0) is 123 Å². The molecule has 3 aromatic carbocycles. The van der Waals surface area contributed by atoms with Crippen LogP contribution in [0.4, 0.5) is 5.69 Å². The molecule has 1 saturated heterocycles. The van der Waals surface area contributed by atoms with Gasteiger partial charge in [0.15, 0.2) is 0 Å². The number of amides is 1. The molecule has 1 fully saturated rings. The van der Waals surface area contributed by atoms with E-state index in [2.05, 4.69) is 34.5 Å². The maximum absolute atomic E-state index is 13.0. The van der Waals surface area contributed by atoms with E-state index < -0.39 is 0 Å². The van der Waals surface area contributed by atoms with Gasteiger partial charge in [-0.3, -0.25) is 9.79 Å². The van der Waals surface area contributed by atoms with Crippen molar-refractivity contribution in [3.63, 3.8) is 0 Å². The van der Waals surface area contributed by atoms with Crippen molar-refractivity contribution in [3.05, 3.63) is 68.3 Å². The van der Waals surface area contributed by atoms with Gasteiger partial charge in [0, 0.05) is 31.0 Å². The highest BCUT2D eigenvalue weighted by molar-refractivity contribution is 14.1. The van der Waals surface area contributed by atoms with Gasteiger partial charge in [0.25, 0.3) is 5.91 Å². The number of aliphatic imine (C=N–C) groups is 1. The summed E-state index contributed by atoms with van der Waals surface area (Å²) in [5, 5.41) is 0. The molecule has 1 amide bonds. The predicted molar refractivity (Wildman–Crippen MR) is 175 cm³/mol. The average Bonchev–Trinajstić information content (AvgIpc) is 3.41. The van der Waals surface area contributed by atoms with Gasteiger partial charge in [-0.25, -0.2) is 0 Å². The summed E-state index contributed by atoms with van der Waals surface area (Å²) in [6.45, 7) is 8.18. The van der Waals surface area contributed by atoms with Crippen LogP contribution in [0, 0.1) is 24.3 Å². The van der Waals surface area contributed by atoms with Crippen molar-refractivity contribution in [1.29, 1.82) is 0 Å². The van der Waals surface area contributed by atoms with Crippen molar-refractivity contribution in [1.82, 2.24) is 4.90 Å². The smallest absolute Gasteiger partial charge is 0.256 e. The molecular formula is C34H39IN2O5. The summed E-state index contributed by atoms with van der Waals surface area (Å²) in [6, 6.07) is 13.8. The van der Waals surface area contributed by atoms with E-state index in [1.165, 1.54) is 0 Å². The van der Waals surface area contributed by atoms with Crippen molar-refractivity contribution >= 4 is 40.4 Å². The molecule has 222 valence electrons. The number of aryl methyl sites for hydroxylation is 2. The fourth-order valence-electron chi connectivity index (χ4n) is 5.41. The highest BCUT2D eigenvalue weighted by atomic mass is 127. The second-order valence-electron chi connectivity index (χ2n) is 11.0. The summed E-state index contributed by atoms with van der Waals surface area (Å²) in [6.07, 6.45) is 7.97. The van der Waals surface area contributed by atoms with Gasteiger partial charge >= 0.3 is 0 Å². The highest BCUT2D eigenvalue weighted by Gasteiger charge is 2.32. The summed E-state index contributed by atoms with van der Waals surface area (Å²) < 4.78 is 24.8. The van der Waals surface area contributed by atoms with Crippen molar-refractivity contribution in [2.45, 2.75) is 65.3 Å². The number of carbonyl (C=O) groups is 1. The monoisotopic (exact) mass is 682 g/mol. The molecule has 2 heterocycles. The number of rotatable bonds is 12. The van der Waals surface area contributed by atoms with Gasteiger partial charge < -0.3 is 23.8 Å². The Bertz CT molecular complexity index is 1470. The Kier molecular flexibility index (Phi) is 9.92. The molecule has 5 rings (SSSR count). The lowest BCUT2D eigenvalue weighted by atomic mass is 10.1. The molecule has 0 bridgehead atoms. The third-order valence-corrected chi connectivity index (χ3v) is 8.87. The minimum Gasteiger partial charge on any atom is -0.496 e. The Morgan fingerprint density at radius 2 is 1.64 bits per heavy atom. The number of carbonyl (C=O) groups excluding carboxylic acids is 1. The van der Waals surface area contributed by atoms with E-state index in [0.717, 1.165) is 94.1 Å². The number of unbranched alkanes of at least 4 members (excludes halogenated alkanes) is 3. The second-order valence-corrected chi connectivity index (χ2v) is 12.2. The number of halogens is 1. The van der Waals surface area contributed by atoms with E-state index in [9.17, 15) is 4.79 Å². The van der Waals surface area contributed by atoms with Gasteiger partial charge in [-0.15, -0.1) is 0 Å². The maximum Gasteiger partial charge on any atom is 0.256 e. The van der Waals surface area contributed by atoms with Crippen LogP contribution in [0.3, 0.4) is 0 Å². The molecule has 42 heavy (non-hydrogen) atoms. The SMILES string of the molecule is COc1cc(Oc2cc(OCCCCCCOc3cc4c(cc3C)C(=O)N3CCC[C@H]3C=N4)ccc2I)cc(C)c1C. The van der Waals surface area contributed by atoms with Crippen LogP contribution in [0.1, 0.15) is 65.6 Å². The molecule has 0 unspecified atom stereocenters. The van der Waals surface area contributed by atoms with Crippen LogP contribution in [0.2, 0.25) is 0 Å². The molecule has 0 radical (unpaired) electrons. The minimum absolute atomic E-state index is 0.0814. The van der Waals surface area contributed by atoms with Gasteiger partial charge in [-0.1, -0.05) is 0 Å². The van der Waals surface area contributed by atoms with E-state index in [1.54, 1.807) is 7.11 Å². The molecule has 2 aliphatic heterocycles. The molecule has 7 nitrogen and oxygen atoms in total. The normalized spacial score (nSPS) is 15.7. The predicted octanol–water partition coefficient (Wildman–Crippen LogP) is 8.36. The zero-order chi connectivity index (χ0) is 29.6. The number of nitrogens with zero attached hydrogens (tertiary/aromatic N) is 2. The fourth-order valence-corrected chi connectivity index (χ4v) is 5.85. The molecule has 1 atom stereocenters. The summed E-state index contributed by atoms with van der Waals surface area (Å²) in [7, 11) is 1.68. The third-order valence-electron chi connectivity index (χ3n) is 7.98. The van der Waals surface area contributed by atoms with Crippen molar-refractivity contribution in [3.8, 4) is 28.7 Å². The number of benzene rings is 3. The van der Waals surface area contributed by atoms with Crippen molar-refractivity contribution in [2.75, 3.05) is 26.9 Å². The molecule has 0 N–H and O–H groups in total. The van der Waals surface area contributed by atoms with Gasteiger partial charge in [-0.2, -0.15) is 0 Å². The van der Waals surface area contributed by atoms with Crippen molar-refractivity contribution < 1.29 is 23.7 Å². The lowest BCUT2D eigenvalue weighted by Gasteiger charge is -2.20. The minimum atomic E-state index is 0.0814. The van der Waals surface area contributed by atoms with Gasteiger partial charge in [0.2, 0.25) is 0 Å². The Morgan fingerprint density at radius 3 is 2.43 bits per heavy atom. The van der Waals surface area contributed by atoms with E-state index in [4.69, 9.17) is 18.9 Å². The van der Waals surface area contributed by atoms with Crippen LogP contribution in [0.25, 0.3) is 0 Å². The van der Waals surface area contributed by atoms with Crippen LogP contribution in [0.15, 0.2) is 47.5 Å². The summed E-state index contributed by atoms with van der Waals surface area (Å²) in [5.74, 6) is 4.01. The van der Waals surface area contributed by atoms with E-state index in [1.807, 2.05) is 67.4 Å². The van der Waals surface area contributed by atoms with Gasteiger partial charge in [0.1, 0.15) is 28.7 Å². The number of methoxy groups -OCH3 is 1. The van der Waals surface area contributed by atoms with Crippen molar-refractivity contribution in [2.24, 2.45) is 4.99 Å². The standard InChI is InChI=1S/C34H39IN2O5/c1-22-16-27(19-32(39-4)24(22)3)42-33-18-26(11-12-29(33)35)40-14-7-5-6-8-15-41-31-20-30-28(17-23(31)2)34(38)37-13-9-10-25(37)21-36-30/h11-12,16-21,25H,5-10,13-15H2,1-4H3/t25-/m0/s1. The molecular weight excluding hydrogens is 643 g/mol. The van der Waals surface area contributed by atoms with Crippen LogP contribution >= 0.6 is 22.6 Å². The topological polar surface area (TPSA) is 69.6 Å². The van der Waals surface area contributed by atoms with Crippen LogP contribution in [0.5, 0.6) is 28.7 Å². The first-order valence-corrected chi connectivity index (χ1v) is 15.8. The molecule has 3 aromatic rings. The second kappa shape index (κ2) is 13.8. The lowest BCUT2D eigenvalue weighted by molar-refractivity contribution is 0.0774. The summed E-state index contributed by atoms with van der Waals surface area (Å²) in [5.41, 5.74) is 4.60. The third kappa shape index (κ3) is 7.02. The molecule has 2 aliphatic rings. The van der Waals surface area contributed by atoms with E-state index in [-0.39, 0.29) is 11.9 Å². The molecule has 8 heteroatoms.